The van der Waals surface area contributed by atoms with E-state index in [-0.39, 0.29) is 16.5 Å². The van der Waals surface area contributed by atoms with Crippen molar-refractivity contribution >= 4 is 17.5 Å². The summed E-state index contributed by atoms with van der Waals surface area (Å²) in [6.07, 6.45) is 2.32. The molecule has 0 unspecified atom stereocenters. The van der Waals surface area contributed by atoms with Crippen LogP contribution in [-0.4, -0.2) is 34.8 Å². The molecule has 0 aliphatic carbocycles. The molecule has 162 valence electrons. The smallest absolute Gasteiger partial charge is 0.256 e. The first-order valence-corrected chi connectivity index (χ1v) is 10.2. The molecule has 5 nitrogen and oxygen atoms in total. The third kappa shape index (κ3) is 4.45. The molecule has 1 amide bonds. The van der Waals surface area contributed by atoms with Gasteiger partial charge in [0.2, 0.25) is 0 Å². The quantitative estimate of drug-likeness (QED) is 0.633. The number of piperidine rings is 1. The number of aryl methyl sites for hydroxylation is 1. The number of halogens is 4. The van der Waals surface area contributed by atoms with Crippen LogP contribution in [0.1, 0.15) is 28.3 Å². The van der Waals surface area contributed by atoms with E-state index in [4.69, 9.17) is 11.6 Å². The van der Waals surface area contributed by atoms with Gasteiger partial charge in [0.25, 0.3) is 5.91 Å². The Bertz CT molecular complexity index is 1110. The van der Waals surface area contributed by atoms with Gasteiger partial charge < -0.3 is 10.6 Å². The van der Waals surface area contributed by atoms with Gasteiger partial charge in [-0.2, -0.15) is 5.10 Å². The number of nitrogens with zero attached hydrogens (tertiary/aromatic N) is 2. The first-order chi connectivity index (χ1) is 14.8. The minimum Gasteiger partial charge on any atom is -0.347 e. The van der Waals surface area contributed by atoms with E-state index in [2.05, 4.69) is 15.7 Å². The molecule has 9 heteroatoms. The van der Waals surface area contributed by atoms with E-state index >= 15 is 0 Å². The molecule has 0 radical (unpaired) electrons. The highest BCUT2D eigenvalue weighted by molar-refractivity contribution is 6.34. The first kappa shape index (κ1) is 21.4. The zero-order valence-electron chi connectivity index (χ0n) is 16.6. The fraction of sp³-hybridized carbons (Fsp3) is 0.273. The van der Waals surface area contributed by atoms with Gasteiger partial charge in [-0.1, -0.05) is 17.7 Å². The highest BCUT2D eigenvalue weighted by Crippen LogP contribution is 2.30. The molecule has 2 heterocycles. The maximum atomic E-state index is 14.8. The summed E-state index contributed by atoms with van der Waals surface area (Å²) in [6.45, 7) is 1.06. The number of nitrogens with one attached hydrogen (secondary N) is 2. The SMILES string of the molecule is Cn1ccc(-c2cc(F)c(C(=O)N[C@@H]3CNCC[C@H]3c3ccc(F)c(F)c3)c(Cl)c2)n1. The zero-order valence-corrected chi connectivity index (χ0v) is 17.4. The predicted octanol–water partition coefficient (Wildman–Crippen LogP) is 4.03. The van der Waals surface area contributed by atoms with Gasteiger partial charge >= 0.3 is 0 Å². The van der Waals surface area contributed by atoms with Gasteiger partial charge in [-0.3, -0.25) is 9.48 Å². The topological polar surface area (TPSA) is 59.0 Å². The molecule has 1 fully saturated rings. The molecule has 3 aromatic rings. The lowest BCUT2D eigenvalue weighted by molar-refractivity contribution is 0.0920. The van der Waals surface area contributed by atoms with Crippen LogP contribution < -0.4 is 10.6 Å². The fourth-order valence-corrected chi connectivity index (χ4v) is 4.19. The van der Waals surface area contributed by atoms with Gasteiger partial charge in [0.1, 0.15) is 5.82 Å². The van der Waals surface area contributed by atoms with Crippen LogP contribution in [0.15, 0.2) is 42.6 Å². The standard InChI is InChI=1S/C22H20ClF3N4O/c1-30-7-5-19(29-30)13-8-15(23)21(18(26)10-13)22(31)28-20-11-27-6-4-14(20)12-2-3-16(24)17(25)9-12/h2-3,5,7-10,14,20,27H,4,6,11H2,1H3,(H,28,31)/t14-,20+/m0/s1. The summed E-state index contributed by atoms with van der Waals surface area (Å²) in [4.78, 5) is 12.9. The molecule has 1 aliphatic rings. The van der Waals surface area contributed by atoms with Gasteiger partial charge in [0, 0.05) is 37.3 Å². The van der Waals surface area contributed by atoms with Crippen molar-refractivity contribution in [2.24, 2.45) is 7.05 Å². The number of benzene rings is 2. The van der Waals surface area contributed by atoms with Crippen LogP contribution in [0.2, 0.25) is 5.02 Å². The Morgan fingerprint density at radius 3 is 2.65 bits per heavy atom. The minimum absolute atomic E-state index is 0.0358. The van der Waals surface area contributed by atoms with Crippen molar-refractivity contribution in [3.8, 4) is 11.3 Å². The van der Waals surface area contributed by atoms with Gasteiger partial charge in [-0.15, -0.1) is 0 Å². The average Bonchev–Trinajstić information content (AvgIpc) is 3.16. The minimum atomic E-state index is -0.944. The maximum Gasteiger partial charge on any atom is 0.256 e. The van der Waals surface area contributed by atoms with Crippen LogP contribution in [-0.2, 0) is 7.05 Å². The molecule has 2 atom stereocenters. The molecule has 2 N–H and O–H groups in total. The van der Waals surface area contributed by atoms with Crippen molar-refractivity contribution in [1.82, 2.24) is 20.4 Å². The largest absolute Gasteiger partial charge is 0.347 e. The summed E-state index contributed by atoms with van der Waals surface area (Å²) in [5.41, 5.74) is 1.29. The number of carbonyl (C=O) groups excluding carboxylic acids is 1. The second-order valence-corrected chi connectivity index (χ2v) is 7.95. The van der Waals surface area contributed by atoms with Crippen LogP contribution in [0.25, 0.3) is 11.3 Å². The number of carbonyl (C=O) groups is 1. The second-order valence-electron chi connectivity index (χ2n) is 7.54. The number of aromatic nitrogens is 2. The average molecular weight is 449 g/mol. The second kappa shape index (κ2) is 8.72. The van der Waals surface area contributed by atoms with Crippen LogP contribution in [0.5, 0.6) is 0 Å². The van der Waals surface area contributed by atoms with Gasteiger partial charge in [0.05, 0.1) is 16.3 Å². The van der Waals surface area contributed by atoms with Crippen LogP contribution in [0.4, 0.5) is 13.2 Å². The van der Waals surface area contributed by atoms with Crippen molar-refractivity contribution in [3.05, 3.63) is 76.2 Å². The van der Waals surface area contributed by atoms with Crippen LogP contribution in [0.3, 0.4) is 0 Å². The lowest BCUT2D eigenvalue weighted by atomic mass is 9.85. The maximum absolute atomic E-state index is 14.8. The van der Waals surface area contributed by atoms with Gasteiger partial charge in [0.15, 0.2) is 11.6 Å². The summed E-state index contributed by atoms with van der Waals surface area (Å²) in [6, 6.07) is 7.69. The number of hydrogen-bond acceptors (Lipinski definition) is 3. The van der Waals surface area contributed by atoms with Crippen LogP contribution >= 0.6 is 11.6 Å². The number of amides is 1. The van der Waals surface area contributed by atoms with Crippen molar-refractivity contribution in [2.75, 3.05) is 13.1 Å². The Hall–Kier alpha value is -2.84. The molecular formula is C22H20ClF3N4O. The summed E-state index contributed by atoms with van der Waals surface area (Å²) in [5, 5.41) is 10.1. The Morgan fingerprint density at radius 2 is 1.97 bits per heavy atom. The van der Waals surface area contributed by atoms with E-state index in [9.17, 15) is 18.0 Å². The van der Waals surface area contributed by atoms with Crippen molar-refractivity contribution in [2.45, 2.75) is 18.4 Å². The summed E-state index contributed by atoms with van der Waals surface area (Å²) < 4.78 is 43.5. The lowest BCUT2D eigenvalue weighted by Gasteiger charge is -2.33. The molecule has 0 spiro atoms. The Labute approximate surface area is 182 Å². The highest BCUT2D eigenvalue weighted by Gasteiger charge is 2.30. The highest BCUT2D eigenvalue weighted by atomic mass is 35.5. The van der Waals surface area contributed by atoms with Gasteiger partial charge in [-0.05, 0) is 48.9 Å². The molecular weight excluding hydrogens is 429 g/mol. The summed E-state index contributed by atoms with van der Waals surface area (Å²) in [7, 11) is 1.74. The van der Waals surface area contributed by atoms with Crippen molar-refractivity contribution in [1.29, 1.82) is 0 Å². The Kier molecular flexibility index (Phi) is 6.02. The number of rotatable bonds is 4. The molecule has 0 bridgehead atoms. The molecule has 4 rings (SSSR count). The van der Waals surface area contributed by atoms with E-state index in [0.29, 0.717) is 36.3 Å². The number of hydrogen-bond donors (Lipinski definition) is 2. The third-order valence-electron chi connectivity index (χ3n) is 5.45. The normalized spacial score (nSPS) is 18.7. The monoisotopic (exact) mass is 448 g/mol. The Balaban J connectivity index is 1.58. The van der Waals surface area contributed by atoms with Gasteiger partial charge in [-0.25, -0.2) is 13.2 Å². The molecule has 31 heavy (non-hydrogen) atoms. The lowest BCUT2D eigenvalue weighted by Crippen LogP contribution is -2.50. The zero-order chi connectivity index (χ0) is 22.1. The summed E-state index contributed by atoms with van der Waals surface area (Å²) >= 11 is 6.25. The van der Waals surface area contributed by atoms with E-state index in [0.717, 1.165) is 12.1 Å². The van der Waals surface area contributed by atoms with Crippen molar-refractivity contribution < 1.29 is 18.0 Å². The Morgan fingerprint density at radius 1 is 1.16 bits per heavy atom. The van der Waals surface area contributed by atoms with Crippen LogP contribution in [0, 0.1) is 17.5 Å². The fourth-order valence-electron chi connectivity index (χ4n) is 3.90. The van der Waals surface area contributed by atoms with E-state index < -0.39 is 29.4 Å². The molecule has 1 aliphatic heterocycles. The molecule has 1 aromatic heterocycles. The third-order valence-corrected chi connectivity index (χ3v) is 5.75. The van der Waals surface area contributed by atoms with E-state index in [1.165, 1.54) is 18.2 Å². The molecule has 0 saturated carbocycles. The molecule has 1 saturated heterocycles. The first-order valence-electron chi connectivity index (χ1n) is 9.79. The molecule has 2 aromatic carbocycles. The van der Waals surface area contributed by atoms with Crippen molar-refractivity contribution in [3.63, 3.8) is 0 Å². The predicted molar refractivity (Wildman–Crippen MR) is 111 cm³/mol. The summed E-state index contributed by atoms with van der Waals surface area (Å²) in [5.74, 6) is -3.56. The van der Waals surface area contributed by atoms with E-state index in [1.807, 2.05) is 0 Å². The van der Waals surface area contributed by atoms with E-state index in [1.54, 1.807) is 24.0 Å².